The fourth-order valence-corrected chi connectivity index (χ4v) is 5.59. The van der Waals surface area contributed by atoms with Crippen molar-refractivity contribution >= 4 is 71.4 Å². The third kappa shape index (κ3) is 4.31. The molecule has 43 heavy (non-hydrogen) atoms. The molecule has 0 fully saturated rings. The third-order valence-electron chi connectivity index (χ3n) is 7.46. The zero-order chi connectivity index (χ0) is 28.2. The van der Waals surface area contributed by atoms with Crippen LogP contribution in [0.1, 0.15) is 0 Å². The average Bonchev–Trinajstić information content (AvgIpc) is 3.78. The molecule has 0 saturated carbocycles. The first kappa shape index (κ1) is 27.0. The summed E-state index contributed by atoms with van der Waals surface area (Å²) in [6, 6.07) is 32.2. The van der Waals surface area contributed by atoms with E-state index >= 15 is 0 Å². The van der Waals surface area contributed by atoms with Gasteiger partial charge in [0.2, 0.25) is 0 Å². The molecule has 4 aromatic carbocycles. The van der Waals surface area contributed by atoms with Gasteiger partial charge in [-0.25, -0.2) is 29.9 Å². The van der Waals surface area contributed by atoms with Crippen LogP contribution in [0.25, 0.3) is 89.7 Å². The molecule has 8 bridgehead atoms. The molecular formula is C32H20ClGaN8O. The second-order valence-corrected chi connectivity index (χ2v) is 9.79. The average molecular weight is 638 g/mol. The maximum absolute atomic E-state index is 5.02. The molecule has 3 aromatic heterocycles. The van der Waals surface area contributed by atoms with Crippen LogP contribution in [0.4, 0.5) is 0 Å². The third-order valence-corrected chi connectivity index (χ3v) is 7.46. The molecule has 9 nitrogen and oxygen atoms in total. The smallest absolute Gasteiger partial charge is 0.164 e. The quantitative estimate of drug-likeness (QED) is 0.186. The van der Waals surface area contributed by atoms with E-state index in [1.165, 1.54) is 0 Å². The number of rotatable bonds is 0. The van der Waals surface area contributed by atoms with Gasteiger partial charge in [0.1, 0.15) is 22.6 Å². The summed E-state index contributed by atoms with van der Waals surface area (Å²) < 4.78 is 0. The Balaban J connectivity index is 0.000000981. The van der Waals surface area contributed by atoms with Crippen molar-refractivity contribution in [2.45, 2.75) is 0 Å². The number of H-pyrrole nitrogens is 2. The second-order valence-electron chi connectivity index (χ2n) is 9.79. The Morgan fingerprint density at radius 2 is 0.605 bits per heavy atom. The van der Waals surface area contributed by atoms with Crippen LogP contribution >= 0.6 is 9.64 Å². The van der Waals surface area contributed by atoms with Gasteiger partial charge in [-0.2, -0.15) is 0 Å². The number of aromatic nitrogens is 8. The molecule has 204 valence electrons. The van der Waals surface area contributed by atoms with E-state index in [0.717, 1.165) is 61.4 Å². The number of hydrogen-bond acceptors (Lipinski definition) is 6. The van der Waals surface area contributed by atoms with Crippen LogP contribution in [0, 0.1) is 0 Å². The summed E-state index contributed by atoms with van der Waals surface area (Å²) in [6.45, 7) is 0. The van der Waals surface area contributed by atoms with Crippen LogP contribution in [0.5, 0.6) is 0 Å². The van der Waals surface area contributed by atoms with Crippen molar-refractivity contribution in [3.05, 3.63) is 97.1 Å². The Morgan fingerprint density at radius 1 is 0.372 bits per heavy atom. The zero-order valence-electron chi connectivity index (χ0n) is 22.4. The Labute approximate surface area is 258 Å². The molecule has 0 atom stereocenters. The summed E-state index contributed by atoms with van der Waals surface area (Å²) >= 11 is 1.16. The first-order valence-electron chi connectivity index (χ1n) is 13.2. The van der Waals surface area contributed by atoms with Crippen LogP contribution < -0.4 is 0 Å². The Hall–Kier alpha value is -4.87. The second kappa shape index (κ2) is 10.8. The minimum atomic E-state index is 0. The van der Waals surface area contributed by atoms with Crippen molar-refractivity contribution in [1.82, 2.24) is 39.9 Å². The Kier molecular flexibility index (Phi) is 6.75. The van der Waals surface area contributed by atoms with Crippen LogP contribution in [-0.4, -0.2) is 62.9 Å². The maximum atomic E-state index is 5.02. The van der Waals surface area contributed by atoms with Gasteiger partial charge < -0.3 is 15.4 Å². The fraction of sp³-hybridized carbons (Fsp3) is 0. The molecule has 5 heterocycles. The van der Waals surface area contributed by atoms with E-state index in [-0.39, 0.29) is 5.48 Å². The van der Waals surface area contributed by atoms with Gasteiger partial charge >= 0.3 is 27.2 Å². The van der Waals surface area contributed by atoms with E-state index < -0.39 is 0 Å². The molecule has 0 aliphatic carbocycles. The van der Waals surface area contributed by atoms with Crippen molar-refractivity contribution < 1.29 is 5.48 Å². The molecule has 7 aromatic rings. The van der Waals surface area contributed by atoms with Crippen LogP contribution in [-0.2, 0) is 0 Å². The first-order chi connectivity index (χ1) is 20.8. The molecule has 2 aliphatic heterocycles. The van der Waals surface area contributed by atoms with E-state index in [1.54, 1.807) is 0 Å². The molecule has 4 N–H and O–H groups in total. The van der Waals surface area contributed by atoms with E-state index in [4.69, 9.17) is 39.5 Å². The van der Waals surface area contributed by atoms with Gasteiger partial charge in [0, 0.05) is 43.8 Å². The fourth-order valence-electron chi connectivity index (χ4n) is 5.59. The molecule has 11 heteroatoms. The normalized spacial score (nSPS) is 11.3. The van der Waals surface area contributed by atoms with Gasteiger partial charge in [-0.1, -0.05) is 97.1 Å². The van der Waals surface area contributed by atoms with E-state index in [2.05, 4.69) is 9.97 Å². The standard InChI is InChI=1S/C32H18N8.ClH.Ga.H2O/c1-2-10-18-17(9-1)25-33-26(18)38-28-21-13-5-6-14-22(21)30(35-28)40-32-24-16-8-7-15-23(24)31(36-32)39-29-20-12-4-3-11-19(20)27(34-29)37-25;;;/h1-16H,(H2,33,34,35,36,37,38,39,40);1H;;1H2/q;;+1;/p-1. The summed E-state index contributed by atoms with van der Waals surface area (Å²) in [5.41, 5.74) is 6.45. The molecular weight excluding hydrogens is 618 g/mol. The van der Waals surface area contributed by atoms with Gasteiger partial charge in [0.15, 0.2) is 23.3 Å². The molecule has 0 unspecified atom stereocenters. The molecule has 9 rings (SSSR count). The van der Waals surface area contributed by atoms with Crippen molar-refractivity contribution in [3.8, 4) is 45.6 Å². The maximum Gasteiger partial charge on any atom is 0.164 e. The summed E-state index contributed by atoms with van der Waals surface area (Å²) in [5, 5.41) is 3.82. The minimum absolute atomic E-state index is 0. The van der Waals surface area contributed by atoms with Gasteiger partial charge in [-0.3, -0.25) is 0 Å². The summed E-state index contributed by atoms with van der Waals surface area (Å²) in [6.07, 6.45) is 0. The van der Waals surface area contributed by atoms with Crippen molar-refractivity contribution in [3.63, 3.8) is 0 Å². The molecule has 2 aliphatic rings. The van der Waals surface area contributed by atoms with Crippen molar-refractivity contribution in [2.24, 2.45) is 0 Å². The number of fused-ring (bicyclic) bond motifs is 20. The minimum Gasteiger partial charge on any atom is -0.324 e. The Morgan fingerprint density at radius 3 is 0.860 bits per heavy atom. The molecule has 0 saturated heterocycles. The van der Waals surface area contributed by atoms with Crippen molar-refractivity contribution in [1.29, 1.82) is 0 Å². The van der Waals surface area contributed by atoms with E-state index in [1.807, 2.05) is 97.1 Å². The molecule has 0 amide bonds. The topological polar surface area (TPSA) is 140 Å². The van der Waals surface area contributed by atoms with Crippen LogP contribution in [0.2, 0.25) is 0 Å². The summed E-state index contributed by atoms with van der Waals surface area (Å²) in [7, 11) is 4.70. The van der Waals surface area contributed by atoms with Crippen molar-refractivity contribution in [2.75, 3.05) is 0 Å². The number of nitrogens with zero attached hydrogens (tertiary/aromatic N) is 6. The summed E-state index contributed by atoms with van der Waals surface area (Å²) in [4.78, 5) is 36.8. The Bertz CT molecular complexity index is 2050. The number of benzene rings is 4. The van der Waals surface area contributed by atoms with Gasteiger partial charge in [0.25, 0.3) is 0 Å². The number of halogens is 1. The number of hydrogen-bond donors (Lipinski definition) is 2. The monoisotopic (exact) mass is 636 g/mol. The number of nitrogens with one attached hydrogen (secondary N) is 2. The SMILES string of the molecule is O.[Cl][Ga].c1ccc2c(c1)-c1nc-2nc2[nH]c(nc3nc(nc4[nH]c(n1)c1ccccc41)-c1ccccc1-3)c1ccccc21. The first-order valence-corrected chi connectivity index (χ1v) is 16.4. The zero-order valence-corrected chi connectivity index (χ0v) is 25.6. The van der Waals surface area contributed by atoms with E-state index in [9.17, 15) is 0 Å². The molecule has 2 radical (unpaired) electrons. The predicted octanol–water partition coefficient (Wildman–Crippen LogP) is 6.35. The van der Waals surface area contributed by atoms with Gasteiger partial charge in [-0.15, -0.1) is 0 Å². The summed E-state index contributed by atoms with van der Waals surface area (Å²) in [5.74, 6) is 2.39. The number of aromatic amines is 2. The molecule has 0 spiro atoms. The van der Waals surface area contributed by atoms with Gasteiger partial charge in [0.05, 0.1) is 0 Å². The predicted molar refractivity (Wildman–Crippen MR) is 171 cm³/mol. The van der Waals surface area contributed by atoms with Crippen LogP contribution in [0.3, 0.4) is 0 Å². The van der Waals surface area contributed by atoms with E-state index in [0.29, 0.717) is 45.9 Å². The largest absolute Gasteiger partial charge is 0.324 e. The van der Waals surface area contributed by atoms with Gasteiger partial charge in [-0.05, 0) is 0 Å². The van der Waals surface area contributed by atoms with Crippen LogP contribution in [0.15, 0.2) is 97.1 Å².